The summed E-state index contributed by atoms with van der Waals surface area (Å²) in [6.07, 6.45) is 2.57. The Kier molecular flexibility index (Phi) is 7.17. The number of fused-ring (bicyclic) bond motifs is 1. The van der Waals surface area contributed by atoms with Crippen molar-refractivity contribution in [2.24, 2.45) is 7.05 Å². The summed E-state index contributed by atoms with van der Waals surface area (Å²) >= 11 is 0. The van der Waals surface area contributed by atoms with E-state index in [0.29, 0.717) is 6.42 Å². The topological polar surface area (TPSA) is 65.6 Å². The zero-order chi connectivity index (χ0) is 27.8. The summed E-state index contributed by atoms with van der Waals surface area (Å²) in [5.74, 6) is -0.475. The zero-order valence-electron chi connectivity index (χ0n) is 23.4. The Bertz CT molecular complexity index is 1680. The van der Waals surface area contributed by atoms with E-state index in [2.05, 4.69) is 30.2 Å². The quantitative estimate of drug-likeness (QED) is 0.233. The van der Waals surface area contributed by atoms with Gasteiger partial charge in [0.15, 0.2) is 5.78 Å². The Morgan fingerprint density at radius 2 is 1.69 bits per heavy atom. The summed E-state index contributed by atoms with van der Waals surface area (Å²) < 4.78 is 18.0. The highest BCUT2D eigenvalue weighted by Crippen LogP contribution is 2.38. The molecule has 0 saturated heterocycles. The number of Topliss-reactive ketones (excluding diaryl/α,β-unsaturated/α-hetero) is 1. The molecule has 7 heteroatoms. The summed E-state index contributed by atoms with van der Waals surface area (Å²) in [7, 11) is 1.96. The van der Waals surface area contributed by atoms with Crippen LogP contribution in [0.25, 0.3) is 22.0 Å². The average molecular weight is 524 g/mol. The lowest BCUT2D eigenvalue weighted by atomic mass is 9.85. The van der Waals surface area contributed by atoms with Crippen molar-refractivity contribution >= 4 is 16.7 Å². The van der Waals surface area contributed by atoms with Crippen molar-refractivity contribution in [2.45, 2.75) is 59.9 Å². The first-order chi connectivity index (χ1) is 18.6. The minimum Gasteiger partial charge on any atom is -0.298 e. The molecule has 3 aromatic heterocycles. The Hall–Kier alpha value is -4.13. The molecule has 3 heterocycles. The van der Waals surface area contributed by atoms with E-state index in [1.165, 1.54) is 6.07 Å². The molecule has 0 fully saturated rings. The van der Waals surface area contributed by atoms with Crippen LogP contribution in [-0.4, -0.2) is 30.3 Å². The molecule has 1 unspecified atom stereocenters. The van der Waals surface area contributed by atoms with Crippen LogP contribution >= 0.6 is 0 Å². The van der Waals surface area contributed by atoms with Crippen LogP contribution in [0.3, 0.4) is 0 Å². The van der Waals surface area contributed by atoms with Crippen molar-refractivity contribution in [3.63, 3.8) is 0 Å². The summed E-state index contributed by atoms with van der Waals surface area (Å²) in [6, 6.07) is 15.3. The molecule has 5 rings (SSSR count). The average Bonchev–Trinajstić information content (AvgIpc) is 3.40. The second-order valence-corrected chi connectivity index (χ2v) is 10.7. The third kappa shape index (κ3) is 5.53. The fourth-order valence-electron chi connectivity index (χ4n) is 5.69. The number of rotatable bonds is 8. The van der Waals surface area contributed by atoms with E-state index < -0.39 is 0 Å². The predicted molar refractivity (Wildman–Crippen MR) is 152 cm³/mol. The second kappa shape index (κ2) is 10.6. The van der Waals surface area contributed by atoms with Crippen LogP contribution in [-0.2, 0) is 24.8 Å². The fraction of sp³-hybridized carbons (Fsp3) is 0.312. The first kappa shape index (κ1) is 26.5. The van der Waals surface area contributed by atoms with Crippen LogP contribution in [0.5, 0.6) is 0 Å². The van der Waals surface area contributed by atoms with E-state index >= 15 is 0 Å². The number of hydrogen-bond acceptors (Lipinski definition) is 4. The summed E-state index contributed by atoms with van der Waals surface area (Å²) in [6.45, 7) is 10.1. The SMILES string of the molecule is Cc1cc(F)cc(CC(CC(=O)Cn2ccc(C)n2)c2nc(C)ccc2-c2ccc(C)c3c(C)nn(C)c23)c1. The first-order valence-electron chi connectivity index (χ1n) is 13.3. The number of carbonyl (C=O) groups is 1. The van der Waals surface area contributed by atoms with Gasteiger partial charge < -0.3 is 0 Å². The van der Waals surface area contributed by atoms with Crippen molar-refractivity contribution in [3.8, 4) is 11.1 Å². The highest BCUT2D eigenvalue weighted by Gasteiger charge is 2.25. The molecule has 0 amide bonds. The summed E-state index contributed by atoms with van der Waals surface area (Å²) in [5, 5.41) is 10.2. The Morgan fingerprint density at radius 1 is 0.923 bits per heavy atom. The van der Waals surface area contributed by atoms with Gasteiger partial charge in [-0.3, -0.25) is 19.1 Å². The molecular weight excluding hydrogens is 489 g/mol. The van der Waals surface area contributed by atoms with Gasteiger partial charge in [0.2, 0.25) is 0 Å². The molecule has 2 aromatic carbocycles. The molecular formula is C32H34FN5O. The number of hydrogen-bond donors (Lipinski definition) is 0. The largest absolute Gasteiger partial charge is 0.298 e. The van der Waals surface area contributed by atoms with Crippen LogP contribution in [0.15, 0.2) is 54.7 Å². The van der Waals surface area contributed by atoms with Gasteiger partial charge in [-0.25, -0.2) is 4.39 Å². The van der Waals surface area contributed by atoms with Gasteiger partial charge in [-0.1, -0.05) is 24.3 Å². The van der Waals surface area contributed by atoms with E-state index in [-0.39, 0.29) is 30.5 Å². The zero-order valence-corrected chi connectivity index (χ0v) is 23.4. The van der Waals surface area contributed by atoms with Gasteiger partial charge in [-0.2, -0.15) is 10.2 Å². The number of benzene rings is 2. The van der Waals surface area contributed by atoms with Gasteiger partial charge in [-0.15, -0.1) is 0 Å². The number of pyridine rings is 1. The molecule has 0 aliphatic rings. The molecule has 0 radical (unpaired) electrons. The Labute approximate surface area is 228 Å². The summed E-state index contributed by atoms with van der Waals surface area (Å²) in [5.41, 5.74) is 9.45. The van der Waals surface area contributed by atoms with Crippen molar-refractivity contribution in [2.75, 3.05) is 0 Å². The highest BCUT2D eigenvalue weighted by molar-refractivity contribution is 5.98. The molecule has 6 nitrogen and oxygen atoms in total. The first-order valence-corrected chi connectivity index (χ1v) is 13.3. The Morgan fingerprint density at radius 3 is 2.41 bits per heavy atom. The third-order valence-corrected chi connectivity index (χ3v) is 7.28. The smallest absolute Gasteiger partial charge is 0.154 e. The second-order valence-electron chi connectivity index (χ2n) is 10.7. The standard InChI is InChI=1S/C32H34FN5O/c1-19-13-24(16-26(33)14-19)15-25(17-27(39)18-38-12-11-22(4)35-38)31-28(10-8-21(3)34-31)29-9-7-20(2)30-23(5)36-37(6)32(29)30/h7-14,16,25H,15,17-18H2,1-6H3. The molecule has 200 valence electrons. The van der Waals surface area contributed by atoms with E-state index in [1.807, 2.05) is 63.8 Å². The molecule has 1 atom stereocenters. The molecule has 5 aromatic rings. The lowest BCUT2D eigenvalue weighted by Gasteiger charge is -2.21. The number of ketones is 1. The van der Waals surface area contributed by atoms with Gasteiger partial charge in [0.05, 0.1) is 29.1 Å². The molecule has 39 heavy (non-hydrogen) atoms. The number of halogens is 1. The highest BCUT2D eigenvalue weighted by atomic mass is 19.1. The minimum atomic E-state index is -0.273. The molecule has 0 saturated carbocycles. The number of carbonyl (C=O) groups excluding carboxylic acids is 1. The molecule has 0 aliphatic carbocycles. The normalized spacial score (nSPS) is 12.3. The van der Waals surface area contributed by atoms with Crippen LogP contribution in [0.2, 0.25) is 0 Å². The van der Waals surface area contributed by atoms with Crippen molar-refractivity contribution in [1.82, 2.24) is 24.5 Å². The van der Waals surface area contributed by atoms with Crippen molar-refractivity contribution in [1.29, 1.82) is 0 Å². The predicted octanol–water partition coefficient (Wildman–Crippen LogP) is 6.50. The summed E-state index contributed by atoms with van der Waals surface area (Å²) in [4.78, 5) is 18.4. The van der Waals surface area contributed by atoms with Crippen molar-refractivity contribution < 1.29 is 9.18 Å². The maximum absolute atomic E-state index is 14.4. The van der Waals surface area contributed by atoms with E-state index in [0.717, 1.165) is 61.5 Å². The fourth-order valence-corrected chi connectivity index (χ4v) is 5.69. The molecule has 0 bridgehead atoms. The van der Waals surface area contributed by atoms with Crippen LogP contribution in [0, 0.1) is 40.4 Å². The van der Waals surface area contributed by atoms with E-state index in [1.54, 1.807) is 10.7 Å². The lowest BCUT2D eigenvalue weighted by molar-refractivity contribution is -0.120. The number of aromatic nitrogens is 5. The van der Waals surface area contributed by atoms with Gasteiger partial charge >= 0.3 is 0 Å². The van der Waals surface area contributed by atoms with Crippen LogP contribution in [0.4, 0.5) is 4.39 Å². The van der Waals surface area contributed by atoms with Crippen LogP contribution in [0.1, 0.15) is 51.8 Å². The molecule has 0 N–H and O–H groups in total. The lowest BCUT2D eigenvalue weighted by Crippen LogP contribution is -2.17. The van der Waals surface area contributed by atoms with Crippen molar-refractivity contribution in [3.05, 3.63) is 100 Å². The van der Waals surface area contributed by atoms with Gasteiger partial charge in [0.1, 0.15) is 5.82 Å². The van der Waals surface area contributed by atoms with Crippen LogP contribution < -0.4 is 0 Å². The number of aryl methyl sites for hydroxylation is 6. The van der Waals surface area contributed by atoms with Gasteiger partial charge in [0.25, 0.3) is 0 Å². The van der Waals surface area contributed by atoms with Gasteiger partial charge in [0, 0.05) is 47.8 Å². The molecule has 0 spiro atoms. The van der Waals surface area contributed by atoms with E-state index in [4.69, 9.17) is 10.1 Å². The third-order valence-electron chi connectivity index (χ3n) is 7.28. The monoisotopic (exact) mass is 523 g/mol. The molecule has 0 aliphatic heterocycles. The minimum absolute atomic E-state index is 0.0518. The Balaban J connectivity index is 1.63. The maximum Gasteiger partial charge on any atom is 0.154 e. The van der Waals surface area contributed by atoms with E-state index in [9.17, 15) is 9.18 Å². The van der Waals surface area contributed by atoms with Gasteiger partial charge in [-0.05, 0) is 82.0 Å². The number of nitrogens with zero attached hydrogens (tertiary/aromatic N) is 5. The maximum atomic E-state index is 14.4.